The van der Waals surface area contributed by atoms with Crippen molar-refractivity contribution in [2.24, 2.45) is 0 Å². The Labute approximate surface area is 94.8 Å². The summed E-state index contributed by atoms with van der Waals surface area (Å²) in [6, 6.07) is 5.42. The maximum Gasteiger partial charge on any atom is 0.354 e. The Morgan fingerprint density at radius 3 is 3.06 bits per heavy atom. The van der Waals surface area contributed by atoms with E-state index in [1.165, 1.54) is 6.33 Å². The molecule has 0 spiro atoms. The molecule has 0 aliphatic carbocycles. The molecule has 7 nitrogen and oxygen atoms in total. The monoisotopic (exact) mass is 229 g/mol. The molecule has 7 heteroatoms. The number of carboxylic acid groups (broad SMARTS) is 1. The van der Waals surface area contributed by atoms with Crippen molar-refractivity contribution in [3.63, 3.8) is 0 Å². The van der Waals surface area contributed by atoms with Crippen LogP contribution in [0, 0.1) is 0 Å². The standard InChI is InChI=1S/C10H7N5O2/c16-10(17)8-7(11-5-12-8)9-14-13-6-3-1-2-4-15(6)9/h1-5H,(H,11,12)(H,16,17). The number of H-pyrrole nitrogens is 1. The van der Waals surface area contributed by atoms with E-state index >= 15 is 0 Å². The number of nitrogens with one attached hydrogen (secondary N) is 1. The molecular formula is C10H7N5O2. The fourth-order valence-electron chi connectivity index (χ4n) is 1.63. The van der Waals surface area contributed by atoms with Crippen LogP contribution >= 0.6 is 0 Å². The normalized spacial score (nSPS) is 10.8. The van der Waals surface area contributed by atoms with Gasteiger partial charge in [0.25, 0.3) is 0 Å². The first-order valence-electron chi connectivity index (χ1n) is 4.84. The van der Waals surface area contributed by atoms with E-state index in [-0.39, 0.29) is 11.4 Å². The number of carboxylic acids is 1. The Hall–Kier alpha value is -2.70. The van der Waals surface area contributed by atoms with E-state index in [0.717, 1.165) is 0 Å². The third-order valence-electron chi connectivity index (χ3n) is 2.38. The van der Waals surface area contributed by atoms with Crippen molar-refractivity contribution in [2.45, 2.75) is 0 Å². The molecule has 17 heavy (non-hydrogen) atoms. The second-order valence-corrected chi connectivity index (χ2v) is 3.38. The lowest BCUT2D eigenvalue weighted by Gasteiger charge is -1.97. The maximum atomic E-state index is 11.0. The van der Waals surface area contributed by atoms with Crippen LogP contribution < -0.4 is 0 Å². The van der Waals surface area contributed by atoms with Crippen molar-refractivity contribution in [3.8, 4) is 11.5 Å². The summed E-state index contributed by atoms with van der Waals surface area (Å²) >= 11 is 0. The van der Waals surface area contributed by atoms with Crippen LogP contribution in [0.25, 0.3) is 17.2 Å². The number of rotatable bonds is 2. The van der Waals surface area contributed by atoms with E-state index in [2.05, 4.69) is 20.2 Å². The third-order valence-corrected chi connectivity index (χ3v) is 2.38. The fourth-order valence-corrected chi connectivity index (χ4v) is 1.63. The van der Waals surface area contributed by atoms with Crippen LogP contribution in [0.1, 0.15) is 10.5 Å². The van der Waals surface area contributed by atoms with Crippen molar-refractivity contribution in [3.05, 3.63) is 36.4 Å². The molecule has 0 aromatic carbocycles. The van der Waals surface area contributed by atoms with Crippen LogP contribution in [0.2, 0.25) is 0 Å². The number of fused-ring (bicyclic) bond motifs is 1. The van der Waals surface area contributed by atoms with Crippen LogP contribution in [-0.4, -0.2) is 35.6 Å². The molecule has 0 radical (unpaired) electrons. The summed E-state index contributed by atoms with van der Waals surface area (Å²) in [5.41, 5.74) is 0.918. The van der Waals surface area contributed by atoms with E-state index in [1.807, 2.05) is 12.1 Å². The van der Waals surface area contributed by atoms with E-state index in [4.69, 9.17) is 5.11 Å². The number of imidazole rings is 1. The summed E-state index contributed by atoms with van der Waals surface area (Å²) in [6.45, 7) is 0. The average molecular weight is 229 g/mol. The largest absolute Gasteiger partial charge is 0.477 e. The molecule has 84 valence electrons. The molecule has 3 aromatic rings. The number of carbonyl (C=O) groups is 1. The number of pyridine rings is 1. The Bertz CT molecular complexity index is 699. The average Bonchev–Trinajstić information content (AvgIpc) is 2.94. The summed E-state index contributed by atoms with van der Waals surface area (Å²) < 4.78 is 1.68. The number of aromatic amines is 1. The third kappa shape index (κ3) is 1.36. The Balaban J connectivity index is 2.28. The first kappa shape index (κ1) is 9.52. The fraction of sp³-hybridized carbons (Fsp3) is 0. The van der Waals surface area contributed by atoms with Gasteiger partial charge in [-0.15, -0.1) is 10.2 Å². The lowest BCUT2D eigenvalue weighted by atomic mass is 10.3. The van der Waals surface area contributed by atoms with Gasteiger partial charge >= 0.3 is 5.97 Å². The van der Waals surface area contributed by atoms with Gasteiger partial charge in [0.1, 0.15) is 5.69 Å². The zero-order valence-corrected chi connectivity index (χ0v) is 8.53. The summed E-state index contributed by atoms with van der Waals surface area (Å²) in [5, 5.41) is 16.9. The van der Waals surface area contributed by atoms with Crippen molar-refractivity contribution < 1.29 is 9.90 Å². The van der Waals surface area contributed by atoms with Gasteiger partial charge in [0, 0.05) is 6.20 Å². The van der Waals surface area contributed by atoms with Gasteiger partial charge in [0.05, 0.1) is 6.33 Å². The van der Waals surface area contributed by atoms with Crippen LogP contribution in [-0.2, 0) is 0 Å². The molecule has 0 unspecified atom stereocenters. The van der Waals surface area contributed by atoms with Crippen LogP contribution in [0.5, 0.6) is 0 Å². The van der Waals surface area contributed by atoms with Crippen LogP contribution in [0.4, 0.5) is 0 Å². The molecular weight excluding hydrogens is 222 g/mol. The quantitative estimate of drug-likeness (QED) is 0.678. The van der Waals surface area contributed by atoms with Gasteiger partial charge < -0.3 is 10.1 Å². The highest BCUT2D eigenvalue weighted by molar-refractivity contribution is 5.91. The van der Waals surface area contributed by atoms with Gasteiger partial charge in [-0.05, 0) is 12.1 Å². The Morgan fingerprint density at radius 1 is 1.35 bits per heavy atom. The molecule has 3 heterocycles. The minimum absolute atomic E-state index is 0.00292. The van der Waals surface area contributed by atoms with Gasteiger partial charge in [-0.25, -0.2) is 9.78 Å². The highest BCUT2D eigenvalue weighted by atomic mass is 16.4. The van der Waals surface area contributed by atoms with Crippen LogP contribution in [0.15, 0.2) is 30.7 Å². The van der Waals surface area contributed by atoms with Crippen molar-refractivity contribution in [2.75, 3.05) is 0 Å². The maximum absolute atomic E-state index is 11.0. The van der Waals surface area contributed by atoms with Crippen molar-refractivity contribution in [1.29, 1.82) is 0 Å². The van der Waals surface area contributed by atoms with E-state index in [9.17, 15) is 4.79 Å². The topological polar surface area (TPSA) is 96.2 Å². The number of hydrogen-bond donors (Lipinski definition) is 2. The lowest BCUT2D eigenvalue weighted by molar-refractivity contribution is 0.0692. The zero-order valence-electron chi connectivity index (χ0n) is 8.53. The van der Waals surface area contributed by atoms with Crippen LogP contribution in [0.3, 0.4) is 0 Å². The second kappa shape index (κ2) is 3.41. The molecule has 0 aliphatic heterocycles. The second-order valence-electron chi connectivity index (χ2n) is 3.38. The SMILES string of the molecule is O=C(O)c1[nH]cnc1-c1nnc2ccccn12. The molecule has 0 saturated carbocycles. The molecule has 0 saturated heterocycles. The molecule has 3 rings (SSSR count). The van der Waals surface area contributed by atoms with E-state index in [0.29, 0.717) is 11.5 Å². The van der Waals surface area contributed by atoms with Gasteiger partial charge in [0.2, 0.25) is 0 Å². The number of nitrogens with zero attached hydrogens (tertiary/aromatic N) is 4. The molecule has 0 amide bonds. The molecule has 0 bridgehead atoms. The van der Waals surface area contributed by atoms with Crippen molar-refractivity contribution >= 4 is 11.6 Å². The number of aromatic carboxylic acids is 1. The predicted octanol–water partition coefficient (Wildman–Crippen LogP) is 0.818. The summed E-state index contributed by atoms with van der Waals surface area (Å²) in [7, 11) is 0. The van der Waals surface area contributed by atoms with Gasteiger partial charge in [0.15, 0.2) is 17.2 Å². The van der Waals surface area contributed by atoms with E-state index in [1.54, 1.807) is 16.7 Å². The first-order valence-corrected chi connectivity index (χ1v) is 4.84. The predicted molar refractivity (Wildman–Crippen MR) is 57.5 cm³/mol. The number of aromatic nitrogens is 5. The molecule has 3 aromatic heterocycles. The molecule has 0 aliphatic rings. The van der Waals surface area contributed by atoms with Gasteiger partial charge in [-0.3, -0.25) is 4.40 Å². The number of hydrogen-bond acceptors (Lipinski definition) is 4. The summed E-state index contributed by atoms with van der Waals surface area (Å²) in [6.07, 6.45) is 3.08. The molecule has 2 N–H and O–H groups in total. The van der Waals surface area contributed by atoms with Crippen molar-refractivity contribution in [1.82, 2.24) is 24.6 Å². The highest BCUT2D eigenvalue weighted by Crippen LogP contribution is 2.18. The minimum Gasteiger partial charge on any atom is -0.477 e. The lowest BCUT2D eigenvalue weighted by Crippen LogP contribution is -2.01. The molecule has 0 fully saturated rings. The highest BCUT2D eigenvalue weighted by Gasteiger charge is 2.19. The zero-order chi connectivity index (χ0) is 11.8. The first-order chi connectivity index (χ1) is 8.27. The van der Waals surface area contributed by atoms with Gasteiger partial charge in [-0.1, -0.05) is 6.07 Å². The smallest absolute Gasteiger partial charge is 0.354 e. The Kier molecular flexibility index (Phi) is 1.91. The summed E-state index contributed by atoms with van der Waals surface area (Å²) in [4.78, 5) is 17.5. The summed E-state index contributed by atoms with van der Waals surface area (Å²) in [5.74, 6) is -0.676. The van der Waals surface area contributed by atoms with Gasteiger partial charge in [-0.2, -0.15) is 0 Å². The Morgan fingerprint density at radius 2 is 2.24 bits per heavy atom. The van der Waals surface area contributed by atoms with E-state index < -0.39 is 5.97 Å². The minimum atomic E-state index is -1.08. The molecule has 0 atom stereocenters.